The van der Waals surface area contributed by atoms with Crippen molar-refractivity contribution in [3.8, 4) is 6.07 Å². The van der Waals surface area contributed by atoms with E-state index in [9.17, 15) is 10.4 Å². The fourth-order valence-corrected chi connectivity index (χ4v) is 4.03. The van der Waals surface area contributed by atoms with Crippen LogP contribution in [0.15, 0.2) is 0 Å². The first kappa shape index (κ1) is 11.5. The molecule has 3 rings (SSSR count). The van der Waals surface area contributed by atoms with E-state index in [1.54, 1.807) is 0 Å². The molecule has 1 N–H and O–H groups in total. The Balaban J connectivity index is 1.84. The van der Waals surface area contributed by atoms with Crippen LogP contribution < -0.4 is 0 Å². The number of likely N-dealkylation sites (tertiary alicyclic amines) is 1. The molecule has 1 aliphatic heterocycles. The Bertz CT molecular complexity index is 352. The summed E-state index contributed by atoms with van der Waals surface area (Å²) in [5, 5.41) is 20.5. The lowest BCUT2D eigenvalue weighted by molar-refractivity contribution is -0.0437. The predicted octanol–water partition coefficient (Wildman–Crippen LogP) is 2.06. The normalized spacial score (nSPS) is 41.6. The van der Waals surface area contributed by atoms with Crippen LogP contribution in [0.3, 0.4) is 0 Å². The minimum atomic E-state index is -0.750. The number of nitriles is 1. The van der Waals surface area contributed by atoms with E-state index in [1.807, 2.05) is 0 Å². The molecule has 3 aliphatic rings. The number of nitrogens with zero attached hydrogens (tertiary/aromatic N) is 2. The molecule has 2 saturated carbocycles. The van der Waals surface area contributed by atoms with Gasteiger partial charge in [0.25, 0.3) is 0 Å². The molecule has 1 saturated heterocycles. The molecule has 0 aromatic heterocycles. The molecule has 0 spiro atoms. The Morgan fingerprint density at radius 2 is 1.94 bits per heavy atom. The summed E-state index contributed by atoms with van der Waals surface area (Å²) in [7, 11) is 0. The second-order valence-electron chi connectivity index (χ2n) is 6.39. The smallest absolute Gasteiger partial charge is 0.0974 e. The summed E-state index contributed by atoms with van der Waals surface area (Å²) in [6.07, 6.45) is 7.34. The third-order valence-corrected chi connectivity index (χ3v) is 5.22. The molecule has 3 fully saturated rings. The molecule has 0 aromatic rings. The van der Waals surface area contributed by atoms with E-state index in [4.69, 9.17) is 0 Å². The first-order valence-corrected chi connectivity index (χ1v) is 7.00. The molecule has 2 unspecified atom stereocenters. The van der Waals surface area contributed by atoms with Crippen molar-refractivity contribution in [1.82, 2.24) is 4.90 Å². The summed E-state index contributed by atoms with van der Waals surface area (Å²) in [5.41, 5.74) is -1.20. The van der Waals surface area contributed by atoms with Gasteiger partial charge >= 0.3 is 0 Å². The number of hydrogen-bond acceptors (Lipinski definition) is 3. The molecule has 1 heterocycles. The van der Waals surface area contributed by atoms with Crippen molar-refractivity contribution in [2.45, 2.75) is 69.6 Å². The summed E-state index contributed by atoms with van der Waals surface area (Å²) >= 11 is 0. The molecule has 17 heavy (non-hydrogen) atoms. The fraction of sp³-hybridized carbons (Fsp3) is 0.929. The maximum atomic E-state index is 11.0. The van der Waals surface area contributed by atoms with E-state index < -0.39 is 11.0 Å². The third-order valence-electron chi connectivity index (χ3n) is 5.22. The van der Waals surface area contributed by atoms with E-state index >= 15 is 0 Å². The Labute approximate surface area is 103 Å². The molecular formula is C14H22N2O. The van der Waals surface area contributed by atoms with Crippen LogP contribution >= 0.6 is 0 Å². The molecule has 0 bridgehead atoms. The quantitative estimate of drug-likeness (QED) is 0.795. The minimum Gasteiger partial charge on any atom is -0.387 e. The van der Waals surface area contributed by atoms with Crippen molar-refractivity contribution in [2.24, 2.45) is 5.41 Å². The van der Waals surface area contributed by atoms with Gasteiger partial charge in [-0.25, -0.2) is 0 Å². The Morgan fingerprint density at radius 1 is 1.29 bits per heavy atom. The van der Waals surface area contributed by atoms with Gasteiger partial charge < -0.3 is 5.11 Å². The molecule has 3 heteroatoms. The highest BCUT2D eigenvalue weighted by atomic mass is 16.3. The summed E-state index contributed by atoms with van der Waals surface area (Å²) in [6.45, 7) is 2.93. The molecule has 2 atom stereocenters. The van der Waals surface area contributed by atoms with Gasteiger partial charge in [-0.2, -0.15) is 5.26 Å². The maximum absolute atomic E-state index is 11.0. The maximum Gasteiger partial charge on any atom is 0.0974 e. The number of aliphatic hydroxyl groups is 1. The van der Waals surface area contributed by atoms with Gasteiger partial charge in [0, 0.05) is 18.6 Å². The van der Waals surface area contributed by atoms with Gasteiger partial charge in [0.2, 0.25) is 0 Å². The summed E-state index contributed by atoms with van der Waals surface area (Å²) in [5.74, 6) is 0. The van der Waals surface area contributed by atoms with Crippen LogP contribution in [-0.2, 0) is 0 Å². The van der Waals surface area contributed by atoms with Crippen LogP contribution in [0.4, 0.5) is 0 Å². The number of rotatable bonds is 2. The zero-order valence-electron chi connectivity index (χ0n) is 10.7. The van der Waals surface area contributed by atoms with Gasteiger partial charge in [0.1, 0.15) is 0 Å². The van der Waals surface area contributed by atoms with Crippen LogP contribution in [-0.4, -0.2) is 34.2 Å². The highest BCUT2D eigenvalue weighted by molar-refractivity contribution is 5.18. The van der Waals surface area contributed by atoms with Gasteiger partial charge in [0.05, 0.1) is 17.1 Å². The van der Waals surface area contributed by atoms with Gasteiger partial charge in [-0.05, 0) is 39.0 Å². The molecule has 2 aliphatic carbocycles. The highest BCUT2D eigenvalue weighted by Gasteiger charge is 2.58. The summed E-state index contributed by atoms with van der Waals surface area (Å²) < 4.78 is 0. The predicted molar refractivity (Wildman–Crippen MR) is 65.3 cm³/mol. The zero-order chi connectivity index (χ0) is 12.1. The molecule has 0 radical (unpaired) electrons. The number of β-amino-alcohol motifs (C(OH)–C–C–N with tert-alkyl or cyclic N) is 1. The van der Waals surface area contributed by atoms with Crippen LogP contribution in [0.2, 0.25) is 0 Å². The summed E-state index contributed by atoms with van der Waals surface area (Å²) in [6, 6.07) is 3.62. The van der Waals surface area contributed by atoms with E-state index in [1.165, 1.54) is 12.8 Å². The molecule has 3 nitrogen and oxygen atoms in total. The monoisotopic (exact) mass is 234 g/mol. The van der Waals surface area contributed by atoms with Gasteiger partial charge in [-0.15, -0.1) is 0 Å². The van der Waals surface area contributed by atoms with Crippen LogP contribution in [0, 0.1) is 16.7 Å². The van der Waals surface area contributed by atoms with Crippen molar-refractivity contribution in [3.05, 3.63) is 0 Å². The van der Waals surface area contributed by atoms with Crippen molar-refractivity contribution < 1.29 is 5.11 Å². The second kappa shape index (κ2) is 3.70. The second-order valence-corrected chi connectivity index (χ2v) is 6.39. The molecular weight excluding hydrogens is 212 g/mol. The first-order valence-electron chi connectivity index (χ1n) is 7.00. The number of hydrogen-bond donors (Lipinski definition) is 1. The van der Waals surface area contributed by atoms with Crippen LogP contribution in [0.25, 0.3) is 0 Å². The Hall–Kier alpha value is -0.590. The van der Waals surface area contributed by atoms with Crippen LogP contribution in [0.1, 0.15) is 51.9 Å². The topological polar surface area (TPSA) is 47.3 Å². The Kier molecular flexibility index (Phi) is 2.50. The van der Waals surface area contributed by atoms with Crippen molar-refractivity contribution in [3.63, 3.8) is 0 Å². The average molecular weight is 234 g/mol. The fourth-order valence-electron chi connectivity index (χ4n) is 4.03. The van der Waals surface area contributed by atoms with Crippen molar-refractivity contribution in [2.75, 3.05) is 6.54 Å². The summed E-state index contributed by atoms with van der Waals surface area (Å²) in [4.78, 5) is 2.44. The van der Waals surface area contributed by atoms with E-state index in [0.29, 0.717) is 12.1 Å². The zero-order valence-corrected chi connectivity index (χ0v) is 10.7. The largest absolute Gasteiger partial charge is 0.387 e. The average Bonchev–Trinajstić information content (AvgIpc) is 2.92. The Morgan fingerprint density at radius 3 is 2.47 bits per heavy atom. The SMILES string of the molecule is CC1CC(O)(C2(C#N)CCCC2)CN1C1CC1. The molecule has 0 aromatic carbocycles. The third kappa shape index (κ3) is 1.62. The lowest BCUT2D eigenvalue weighted by atomic mass is 9.70. The molecule has 94 valence electrons. The minimum absolute atomic E-state index is 0.443. The van der Waals surface area contributed by atoms with E-state index in [2.05, 4.69) is 17.9 Å². The van der Waals surface area contributed by atoms with Crippen LogP contribution in [0.5, 0.6) is 0 Å². The van der Waals surface area contributed by atoms with E-state index in [0.717, 1.165) is 38.6 Å². The van der Waals surface area contributed by atoms with Gasteiger partial charge in [0.15, 0.2) is 0 Å². The lowest BCUT2D eigenvalue weighted by Crippen LogP contribution is -2.48. The first-order chi connectivity index (χ1) is 8.10. The van der Waals surface area contributed by atoms with Gasteiger partial charge in [-0.1, -0.05) is 12.8 Å². The molecule has 0 amide bonds. The van der Waals surface area contributed by atoms with Crippen molar-refractivity contribution >= 4 is 0 Å². The van der Waals surface area contributed by atoms with Gasteiger partial charge in [-0.3, -0.25) is 4.90 Å². The lowest BCUT2D eigenvalue weighted by Gasteiger charge is -2.37. The van der Waals surface area contributed by atoms with E-state index in [-0.39, 0.29) is 0 Å². The van der Waals surface area contributed by atoms with Crippen molar-refractivity contribution in [1.29, 1.82) is 5.26 Å². The standard InChI is InChI=1S/C14H22N2O/c1-11-8-14(17,10-16(11)12-4-5-12)13(9-15)6-2-3-7-13/h11-12,17H,2-8,10H2,1H3. The highest BCUT2D eigenvalue weighted by Crippen LogP contribution is 2.52.